The first-order chi connectivity index (χ1) is 8.57. The van der Waals surface area contributed by atoms with Crippen molar-refractivity contribution in [2.75, 3.05) is 26.7 Å². The molecule has 0 bridgehead atoms. The molecule has 2 unspecified atom stereocenters. The van der Waals surface area contributed by atoms with E-state index >= 15 is 0 Å². The van der Waals surface area contributed by atoms with Crippen LogP contribution in [0, 0.1) is 5.92 Å². The molecule has 1 aromatic carbocycles. The van der Waals surface area contributed by atoms with E-state index in [-0.39, 0.29) is 11.2 Å². The minimum Gasteiger partial charge on any atom is -0.305 e. The Morgan fingerprint density at radius 3 is 2.56 bits per heavy atom. The van der Waals surface area contributed by atoms with Gasteiger partial charge in [0.25, 0.3) is 0 Å². The Bertz CT molecular complexity index is 529. The number of sulfonamides is 1. The first-order valence-corrected chi connectivity index (χ1v) is 7.79. The molecule has 0 amide bonds. The Labute approximate surface area is 108 Å². The number of fused-ring (bicyclic) bond motifs is 1. The van der Waals surface area contributed by atoms with Crippen molar-refractivity contribution in [3.8, 4) is 0 Å². The van der Waals surface area contributed by atoms with Gasteiger partial charge in [-0.1, -0.05) is 30.3 Å². The summed E-state index contributed by atoms with van der Waals surface area (Å²) in [7, 11) is -1.11. The number of benzene rings is 1. The van der Waals surface area contributed by atoms with Gasteiger partial charge in [0.1, 0.15) is 0 Å². The molecule has 2 fully saturated rings. The van der Waals surface area contributed by atoms with Crippen LogP contribution in [0.1, 0.15) is 5.56 Å². The first kappa shape index (κ1) is 12.1. The molecule has 0 radical (unpaired) electrons. The summed E-state index contributed by atoms with van der Waals surface area (Å²) in [6.45, 7) is 2.76. The van der Waals surface area contributed by atoms with Crippen molar-refractivity contribution >= 4 is 10.0 Å². The molecule has 3 rings (SSSR count). The minimum absolute atomic E-state index is 0.189. The maximum atomic E-state index is 12.4. The zero-order valence-electron chi connectivity index (χ0n) is 10.5. The van der Waals surface area contributed by atoms with E-state index in [4.69, 9.17) is 0 Å². The lowest BCUT2D eigenvalue weighted by atomic mass is 10.1. The van der Waals surface area contributed by atoms with E-state index in [1.165, 1.54) is 0 Å². The molecule has 2 aliphatic heterocycles. The third-order valence-corrected chi connectivity index (χ3v) is 6.24. The molecule has 2 atom stereocenters. The van der Waals surface area contributed by atoms with Gasteiger partial charge in [-0.25, -0.2) is 8.42 Å². The van der Waals surface area contributed by atoms with Gasteiger partial charge < -0.3 is 4.90 Å². The van der Waals surface area contributed by atoms with Crippen LogP contribution < -0.4 is 0 Å². The highest BCUT2D eigenvalue weighted by Crippen LogP contribution is 2.33. The summed E-state index contributed by atoms with van der Waals surface area (Å²) in [4.78, 5) is 2.12. The highest BCUT2D eigenvalue weighted by atomic mass is 32.2. The number of hydrogen-bond donors (Lipinski definition) is 0. The molecule has 98 valence electrons. The molecule has 0 saturated carbocycles. The summed E-state index contributed by atoms with van der Waals surface area (Å²) in [5, 5.41) is -0.189. The fourth-order valence-electron chi connectivity index (χ4n) is 3.06. The van der Waals surface area contributed by atoms with E-state index in [0.29, 0.717) is 19.6 Å². The number of hydrogen-bond acceptors (Lipinski definition) is 3. The maximum Gasteiger partial charge on any atom is 0.218 e. The predicted octanol–water partition coefficient (Wildman–Crippen LogP) is 0.762. The van der Waals surface area contributed by atoms with E-state index in [2.05, 4.69) is 4.90 Å². The fraction of sp³-hybridized carbons (Fsp3) is 0.538. The smallest absolute Gasteiger partial charge is 0.218 e. The Balaban J connectivity index is 1.80. The average molecular weight is 266 g/mol. The summed E-state index contributed by atoms with van der Waals surface area (Å²) in [5.74, 6) is 0.281. The maximum absolute atomic E-state index is 12.4. The topological polar surface area (TPSA) is 40.6 Å². The second kappa shape index (κ2) is 4.33. The van der Waals surface area contributed by atoms with Gasteiger partial charge in [-0.05, 0) is 12.6 Å². The van der Waals surface area contributed by atoms with Crippen molar-refractivity contribution in [1.29, 1.82) is 0 Å². The number of nitrogens with zero attached hydrogens (tertiary/aromatic N) is 2. The van der Waals surface area contributed by atoms with Crippen molar-refractivity contribution in [2.24, 2.45) is 5.92 Å². The number of rotatable bonds is 2. The van der Waals surface area contributed by atoms with E-state index in [9.17, 15) is 8.42 Å². The second-order valence-corrected chi connectivity index (χ2v) is 7.49. The van der Waals surface area contributed by atoms with Gasteiger partial charge >= 0.3 is 0 Å². The standard InChI is InChI=1S/C13H18N2O2S/c1-14-8-12-9-15(18(16,17)13(12)10-14)7-11-5-3-2-4-6-11/h2-6,12-13H,7-10H2,1H3. The van der Waals surface area contributed by atoms with Crippen LogP contribution in [-0.2, 0) is 16.6 Å². The van der Waals surface area contributed by atoms with Gasteiger partial charge in [-0.15, -0.1) is 0 Å². The van der Waals surface area contributed by atoms with Crippen molar-refractivity contribution < 1.29 is 8.42 Å². The van der Waals surface area contributed by atoms with Crippen LogP contribution in [0.4, 0.5) is 0 Å². The zero-order valence-corrected chi connectivity index (χ0v) is 11.3. The van der Waals surface area contributed by atoms with Crippen molar-refractivity contribution in [2.45, 2.75) is 11.8 Å². The predicted molar refractivity (Wildman–Crippen MR) is 70.5 cm³/mol. The van der Waals surface area contributed by atoms with E-state index in [0.717, 1.165) is 12.1 Å². The van der Waals surface area contributed by atoms with Crippen molar-refractivity contribution in [3.63, 3.8) is 0 Å². The summed E-state index contributed by atoms with van der Waals surface area (Å²) < 4.78 is 26.5. The molecule has 1 aromatic rings. The van der Waals surface area contributed by atoms with Gasteiger partial charge in [0, 0.05) is 32.1 Å². The van der Waals surface area contributed by atoms with Crippen LogP contribution in [0.25, 0.3) is 0 Å². The SMILES string of the molecule is CN1CC2CN(Cc3ccccc3)S(=O)(=O)C2C1. The largest absolute Gasteiger partial charge is 0.305 e. The molecule has 2 aliphatic rings. The Morgan fingerprint density at radius 1 is 1.17 bits per heavy atom. The lowest BCUT2D eigenvalue weighted by Gasteiger charge is -2.18. The Kier molecular flexibility index (Phi) is 2.92. The summed E-state index contributed by atoms with van der Waals surface area (Å²) in [6.07, 6.45) is 0. The molecular formula is C13H18N2O2S. The normalized spacial score (nSPS) is 31.6. The molecule has 0 aromatic heterocycles. The summed E-state index contributed by atoms with van der Waals surface area (Å²) in [5.41, 5.74) is 1.06. The van der Waals surface area contributed by atoms with Crippen LogP contribution in [-0.4, -0.2) is 49.6 Å². The zero-order chi connectivity index (χ0) is 12.8. The van der Waals surface area contributed by atoms with Crippen molar-refractivity contribution in [1.82, 2.24) is 9.21 Å². The van der Waals surface area contributed by atoms with Gasteiger partial charge in [0.2, 0.25) is 10.0 Å². The van der Waals surface area contributed by atoms with E-state index in [1.54, 1.807) is 4.31 Å². The third kappa shape index (κ3) is 1.96. The quantitative estimate of drug-likeness (QED) is 0.793. The molecule has 5 heteroatoms. The molecule has 18 heavy (non-hydrogen) atoms. The Hall–Kier alpha value is -0.910. The van der Waals surface area contributed by atoms with Crippen LogP contribution >= 0.6 is 0 Å². The molecule has 4 nitrogen and oxygen atoms in total. The molecule has 0 aliphatic carbocycles. The second-order valence-electron chi connectivity index (χ2n) is 5.34. The third-order valence-electron chi connectivity index (χ3n) is 3.95. The van der Waals surface area contributed by atoms with Crippen LogP contribution in [0.2, 0.25) is 0 Å². The highest BCUT2D eigenvalue weighted by molar-refractivity contribution is 7.90. The summed E-state index contributed by atoms with van der Waals surface area (Å²) >= 11 is 0. The van der Waals surface area contributed by atoms with E-state index in [1.807, 2.05) is 37.4 Å². The highest BCUT2D eigenvalue weighted by Gasteiger charge is 2.49. The lowest BCUT2D eigenvalue weighted by Crippen LogP contribution is -2.33. The minimum atomic E-state index is -3.10. The monoisotopic (exact) mass is 266 g/mol. The molecule has 0 spiro atoms. The van der Waals surface area contributed by atoms with Gasteiger partial charge in [-0.3, -0.25) is 0 Å². The fourth-order valence-corrected chi connectivity index (χ4v) is 5.27. The summed E-state index contributed by atoms with van der Waals surface area (Å²) in [6, 6.07) is 9.82. The Morgan fingerprint density at radius 2 is 1.89 bits per heavy atom. The van der Waals surface area contributed by atoms with Crippen LogP contribution in [0.15, 0.2) is 30.3 Å². The molecule has 0 N–H and O–H groups in total. The van der Waals surface area contributed by atoms with Gasteiger partial charge in [0.05, 0.1) is 5.25 Å². The van der Waals surface area contributed by atoms with Crippen LogP contribution in [0.3, 0.4) is 0 Å². The lowest BCUT2D eigenvalue weighted by molar-refractivity contribution is 0.345. The molecule has 2 heterocycles. The number of likely N-dealkylation sites (tertiary alicyclic amines) is 1. The van der Waals surface area contributed by atoms with Crippen molar-refractivity contribution in [3.05, 3.63) is 35.9 Å². The van der Waals surface area contributed by atoms with Crippen LogP contribution in [0.5, 0.6) is 0 Å². The van der Waals surface area contributed by atoms with E-state index < -0.39 is 10.0 Å². The average Bonchev–Trinajstić information content (AvgIpc) is 2.80. The van der Waals surface area contributed by atoms with Gasteiger partial charge in [-0.2, -0.15) is 4.31 Å². The molecule has 2 saturated heterocycles. The molecular weight excluding hydrogens is 248 g/mol. The van der Waals surface area contributed by atoms with Gasteiger partial charge in [0.15, 0.2) is 0 Å². The first-order valence-electron chi connectivity index (χ1n) is 6.29.